The van der Waals surface area contributed by atoms with Crippen LogP contribution in [-0.4, -0.2) is 25.5 Å². The molecule has 0 aliphatic heterocycles. The third kappa shape index (κ3) is 4.58. The molecule has 6 heteroatoms. The van der Waals surface area contributed by atoms with E-state index in [1.165, 1.54) is 11.8 Å². The van der Waals surface area contributed by atoms with Crippen LogP contribution in [0.5, 0.6) is 5.75 Å². The minimum atomic E-state index is -0.274. The minimum absolute atomic E-state index is 0.0754. The molecule has 0 radical (unpaired) electrons. The zero-order valence-corrected chi connectivity index (χ0v) is 15.4. The van der Waals surface area contributed by atoms with Crippen molar-refractivity contribution in [3.05, 3.63) is 52.5 Å². The van der Waals surface area contributed by atoms with Crippen LogP contribution in [0.15, 0.2) is 46.9 Å². The van der Waals surface area contributed by atoms with Crippen LogP contribution in [0.2, 0.25) is 0 Å². The van der Waals surface area contributed by atoms with Crippen molar-refractivity contribution < 1.29 is 14.3 Å². The number of benzene rings is 2. The van der Waals surface area contributed by atoms with Crippen LogP contribution in [0.1, 0.15) is 12.5 Å². The van der Waals surface area contributed by atoms with Crippen LogP contribution in [0.3, 0.4) is 0 Å². The second kappa shape index (κ2) is 7.97. The monoisotopic (exact) mass is 390 g/mol. The number of hydrogen-bond donors (Lipinski definition) is 1. The molecule has 2 rings (SSSR count). The topological polar surface area (TPSA) is 58.6 Å². The lowest BCUT2D eigenvalue weighted by atomic mass is 10.2. The number of nitrogens with zero attached hydrogens (tertiary/aromatic N) is 1. The van der Waals surface area contributed by atoms with Gasteiger partial charge in [0.2, 0.25) is 11.8 Å². The number of aryl methyl sites for hydroxylation is 1. The van der Waals surface area contributed by atoms with Crippen LogP contribution in [-0.2, 0) is 9.59 Å². The standard InChI is InChI=1S/C18H19BrN2O3/c1-12-7-8-14(9-17(12)19)20-18(23)11-21(13(2)22)15-5-4-6-16(10-15)24-3/h4-10H,11H2,1-3H3,(H,20,23). The van der Waals surface area contributed by atoms with Gasteiger partial charge < -0.3 is 15.0 Å². The van der Waals surface area contributed by atoms with Gasteiger partial charge >= 0.3 is 0 Å². The Morgan fingerprint density at radius 3 is 2.58 bits per heavy atom. The molecule has 2 aromatic rings. The number of amides is 2. The van der Waals surface area contributed by atoms with E-state index in [1.807, 2.05) is 25.1 Å². The summed E-state index contributed by atoms with van der Waals surface area (Å²) in [5.74, 6) is 0.133. The summed E-state index contributed by atoms with van der Waals surface area (Å²) in [6, 6.07) is 12.6. The quantitative estimate of drug-likeness (QED) is 0.845. The summed E-state index contributed by atoms with van der Waals surface area (Å²) in [7, 11) is 1.55. The molecule has 0 fully saturated rings. The lowest BCUT2D eigenvalue weighted by Crippen LogP contribution is -2.36. The second-order valence-corrected chi connectivity index (χ2v) is 6.17. The Labute approximate surface area is 149 Å². The van der Waals surface area contributed by atoms with Gasteiger partial charge in [-0.25, -0.2) is 0 Å². The van der Waals surface area contributed by atoms with Gasteiger partial charge in [0.1, 0.15) is 12.3 Å². The first-order chi connectivity index (χ1) is 11.4. The van der Waals surface area contributed by atoms with Crippen molar-refractivity contribution in [3.63, 3.8) is 0 Å². The van der Waals surface area contributed by atoms with E-state index in [0.29, 0.717) is 17.1 Å². The Kier molecular flexibility index (Phi) is 5.98. The molecule has 0 spiro atoms. The van der Waals surface area contributed by atoms with E-state index in [-0.39, 0.29) is 18.4 Å². The Morgan fingerprint density at radius 2 is 1.96 bits per heavy atom. The molecular weight excluding hydrogens is 372 g/mol. The molecule has 0 bridgehead atoms. The smallest absolute Gasteiger partial charge is 0.244 e. The van der Waals surface area contributed by atoms with Crippen molar-refractivity contribution in [2.45, 2.75) is 13.8 Å². The molecule has 0 atom stereocenters. The molecule has 2 amide bonds. The fraction of sp³-hybridized carbons (Fsp3) is 0.222. The molecule has 2 aromatic carbocycles. The van der Waals surface area contributed by atoms with E-state index < -0.39 is 0 Å². The average molecular weight is 391 g/mol. The third-order valence-electron chi connectivity index (χ3n) is 3.50. The van der Waals surface area contributed by atoms with Gasteiger partial charge in [0.15, 0.2) is 0 Å². The molecule has 0 aliphatic rings. The highest BCUT2D eigenvalue weighted by Gasteiger charge is 2.16. The molecule has 126 valence electrons. The van der Waals surface area contributed by atoms with Crippen molar-refractivity contribution in [2.75, 3.05) is 23.9 Å². The minimum Gasteiger partial charge on any atom is -0.497 e. The molecule has 1 N–H and O–H groups in total. The van der Waals surface area contributed by atoms with Crippen molar-refractivity contribution in [1.82, 2.24) is 0 Å². The largest absolute Gasteiger partial charge is 0.497 e. The maximum absolute atomic E-state index is 12.3. The SMILES string of the molecule is COc1cccc(N(CC(=O)Nc2ccc(C)c(Br)c2)C(C)=O)c1. The number of ether oxygens (including phenoxy) is 1. The van der Waals surface area contributed by atoms with Crippen LogP contribution >= 0.6 is 15.9 Å². The molecule has 0 aromatic heterocycles. The van der Waals surface area contributed by atoms with Gasteiger partial charge in [0.25, 0.3) is 0 Å². The first-order valence-corrected chi connectivity index (χ1v) is 8.18. The zero-order chi connectivity index (χ0) is 17.7. The number of carbonyl (C=O) groups is 2. The maximum atomic E-state index is 12.3. The van der Waals surface area contributed by atoms with Crippen LogP contribution in [0, 0.1) is 6.92 Å². The fourth-order valence-corrected chi connectivity index (χ4v) is 2.56. The van der Waals surface area contributed by atoms with E-state index in [2.05, 4.69) is 21.2 Å². The number of rotatable bonds is 5. The number of carbonyl (C=O) groups excluding carboxylic acids is 2. The predicted octanol–water partition coefficient (Wildman–Crippen LogP) is 3.76. The van der Waals surface area contributed by atoms with E-state index >= 15 is 0 Å². The van der Waals surface area contributed by atoms with Gasteiger partial charge in [-0.1, -0.05) is 28.1 Å². The Morgan fingerprint density at radius 1 is 1.21 bits per heavy atom. The maximum Gasteiger partial charge on any atom is 0.244 e. The Hall–Kier alpha value is -2.34. The number of nitrogens with one attached hydrogen (secondary N) is 1. The molecular formula is C18H19BrN2O3. The molecule has 0 heterocycles. The number of halogens is 1. The highest BCUT2D eigenvalue weighted by molar-refractivity contribution is 9.10. The predicted molar refractivity (Wildman–Crippen MR) is 98.5 cm³/mol. The summed E-state index contributed by atoms with van der Waals surface area (Å²) in [5, 5.41) is 2.80. The van der Waals surface area contributed by atoms with E-state index in [9.17, 15) is 9.59 Å². The second-order valence-electron chi connectivity index (χ2n) is 5.32. The van der Waals surface area contributed by atoms with Crippen LogP contribution < -0.4 is 15.0 Å². The highest BCUT2D eigenvalue weighted by Crippen LogP contribution is 2.22. The lowest BCUT2D eigenvalue weighted by Gasteiger charge is -2.21. The molecule has 0 saturated heterocycles. The van der Waals surface area contributed by atoms with Gasteiger partial charge in [-0.2, -0.15) is 0 Å². The van der Waals surface area contributed by atoms with Crippen LogP contribution in [0.4, 0.5) is 11.4 Å². The van der Waals surface area contributed by atoms with Gasteiger partial charge in [-0.05, 0) is 36.8 Å². The summed E-state index contributed by atoms with van der Waals surface area (Å²) in [6.45, 7) is 3.32. The van der Waals surface area contributed by atoms with Crippen molar-refractivity contribution in [3.8, 4) is 5.75 Å². The normalized spacial score (nSPS) is 10.2. The summed E-state index contributed by atoms with van der Waals surface area (Å²) in [4.78, 5) is 25.6. The first kappa shape index (κ1) is 18.0. The zero-order valence-electron chi connectivity index (χ0n) is 13.8. The third-order valence-corrected chi connectivity index (χ3v) is 4.36. The van der Waals surface area contributed by atoms with Gasteiger partial charge in [0.05, 0.1) is 7.11 Å². The van der Waals surface area contributed by atoms with Crippen molar-refractivity contribution in [1.29, 1.82) is 0 Å². The Balaban J connectivity index is 2.13. The Bertz CT molecular complexity index is 762. The van der Waals surface area contributed by atoms with Gasteiger partial charge in [-0.15, -0.1) is 0 Å². The van der Waals surface area contributed by atoms with E-state index in [4.69, 9.17) is 4.74 Å². The number of hydrogen-bond acceptors (Lipinski definition) is 3. The number of anilines is 2. The van der Waals surface area contributed by atoms with E-state index in [0.717, 1.165) is 10.0 Å². The van der Waals surface area contributed by atoms with E-state index in [1.54, 1.807) is 31.4 Å². The van der Waals surface area contributed by atoms with Crippen molar-refractivity contribution in [2.24, 2.45) is 0 Å². The molecule has 5 nitrogen and oxygen atoms in total. The van der Waals surface area contributed by atoms with Crippen molar-refractivity contribution >= 4 is 39.1 Å². The molecule has 0 unspecified atom stereocenters. The van der Waals surface area contributed by atoms with Gasteiger partial charge in [-0.3, -0.25) is 9.59 Å². The average Bonchev–Trinajstić information content (AvgIpc) is 2.56. The fourth-order valence-electron chi connectivity index (χ4n) is 2.18. The molecule has 0 aliphatic carbocycles. The van der Waals surface area contributed by atoms with Crippen LogP contribution in [0.25, 0.3) is 0 Å². The summed E-state index contributed by atoms with van der Waals surface area (Å²) in [5.41, 5.74) is 2.36. The number of methoxy groups -OCH3 is 1. The summed E-state index contributed by atoms with van der Waals surface area (Å²) >= 11 is 3.43. The summed E-state index contributed by atoms with van der Waals surface area (Å²) < 4.78 is 6.08. The van der Waals surface area contributed by atoms with Gasteiger partial charge in [0, 0.05) is 28.8 Å². The highest BCUT2D eigenvalue weighted by atomic mass is 79.9. The first-order valence-electron chi connectivity index (χ1n) is 7.39. The lowest BCUT2D eigenvalue weighted by molar-refractivity contribution is -0.120. The summed E-state index contributed by atoms with van der Waals surface area (Å²) in [6.07, 6.45) is 0. The molecule has 0 saturated carbocycles. The molecule has 24 heavy (non-hydrogen) atoms.